The Morgan fingerprint density at radius 3 is 2.83 bits per heavy atom. The maximum atomic E-state index is 5.97. The lowest BCUT2D eigenvalue weighted by molar-refractivity contribution is 0.126. The summed E-state index contributed by atoms with van der Waals surface area (Å²) in [5.41, 5.74) is 7.27. The van der Waals surface area contributed by atoms with Gasteiger partial charge in [0.25, 0.3) is 0 Å². The summed E-state index contributed by atoms with van der Waals surface area (Å²) < 4.78 is 11.8. The number of rotatable bonds is 9. The van der Waals surface area contributed by atoms with Crippen LogP contribution in [0.4, 0.5) is 0 Å². The summed E-state index contributed by atoms with van der Waals surface area (Å²) in [6.07, 6.45) is 2.67. The van der Waals surface area contributed by atoms with Gasteiger partial charge in [-0.2, -0.15) is 4.98 Å². The Balaban J connectivity index is 2.13. The lowest BCUT2D eigenvalue weighted by Crippen LogP contribution is -2.22. The Morgan fingerprint density at radius 1 is 1.35 bits per heavy atom. The molecule has 0 spiro atoms. The third-order valence-corrected chi connectivity index (χ3v) is 5.94. The summed E-state index contributed by atoms with van der Waals surface area (Å²) >= 11 is 3.63. The minimum absolute atomic E-state index is 0.224. The standard InChI is InChI=1S/C16H26BrN3O2Si/c1-23(2,3)10-9-21-14(17)13-11-12-5-7-19-15(12)20-16(13)22-8-4-6-18/h5,7,11,14H,4,6,8-10,18H2,1-3H3,(H,19,20). The van der Waals surface area contributed by atoms with E-state index in [1.54, 1.807) is 0 Å². The van der Waals surface area contributed by atoms with E-state index in [1.165, 1.54) is 0 Å². The van der Waals surface area contributed by atoms with Gasteiger partial charge in [0.15, 0.2) is 0 Å². The average Bonchev–Trinajstić information content (AvgIpc) is 2.92. The van der Waals surface area contributed by atoms with Gasteiger partial charge in [-0.15, -0.1) is 0 Å². The van der Waals surface area contributed by atoms with Gasteiger partial charge in [-0.25, -0.2) is 0 Å². The normalized spacial score (nSPS) is 13.4. The Labute approximate surface area is 147 Å². The molecule has 2 heterocycles. The molecule has 0 bridgehead atoms. The second-order valence-electron chi connectivity index (χ2n) is 6.79. The molecule has 2 aromatic heterocycles. The molecule has 0 saturated heterocycles. The van der Waals surface area contributed by atoms with E-state index in [4.69, 9.17) is 15.2 Å². The maximum absolute atomic E-state index is 5.97. The van der Waals surface area contributed by atoms with Crippen LogP contribution in [0.3, 0.4) is 0 Å². The number of halogens is 1. The molecule has 2 rings (SSSR count). The second-order valence-corrected chi connectivity index (χ2v) is 13.2. The van der Waals surface area contributed by atoms with Crippen LogP contribution in [-0.2, 0) is 4.74 Å². The highest BCUT2D eigenvalue weighted by Gasteiger charge is 2.19. The Bertz CT molecular complexity index is 627. The molecule has 0 aromatic carbocycles. The van der Waals surface area contributed by atoms with E-state index < -0.39 is 8.07 Å². The molecule has 0 fully saturated rings. The van der Waals surface area contributed by atoms with Gasteiger partial charge in [0.05, 0.1) is 12.2 Å². The van der Waals surface area contributed by atoms with Crippen molar-refractivity contribution in [3.8, 4) is 5.88 Å². The molecular formula is C16H26BrN3O2Si. The van der Waals surface area contributed by atoms with Gasteiger partial charge >= 0.3 is 0 Å². The number of nitrogens with two attached hydrogens (primary N) is 1. The van der Waals surface area contributed by atoms with Gasteiger partial charge in [-0.05, 0) is 31.1 Å². The van der Waals surface area contributed by atoms with Crippen molar-refractivity contribution in [2.75, 3.05) is 19.8 Å². The summed E-state index contributed by atoms with van der Waals surface area (Å²) in [7, 11) is -1.11. The first-order chi connectivity index (χ1) is 10.9. The number of H-pyrrole nitrogens is 1. The minimum Gasteiger partial charge on any atom is -0.477 e. The number of fused-ring (bicyclic) bond motifs is 1. The fraction of sp³-hybridized carbons (Fsp3) is 0.562. The zero-order valence-corrected chi connectivity index (χ0v) is 16.6. The van der Waals surface area contributed by atoms with Crippen LogP contribution in [0.1, 0.15) is 17.0 Å². The highest BCUT2D eigenvalue weighted by atomic mass is 79.9. The monoisotopic (exact) mass is 399 g/mol. The summed E-state index contributed by atoms with van der Waals surface area (Å²) in [6, 6.07) is 5.18. The number of nitrogens with zero attached hydrogens (tertiary/aromatic N) is 1. The summed E-state index contributed by atoms with van der Waals surface area (Å²) in [4.78, 5) is 7.68. The molecule has 0 aliphatic carbocycles. The number of nitrogens with one attached hydrogen (secondary N) is 1. The van der Waals surface area contributed by atoms with Gasteiger partial charge in [-0.1, -0.05) is 35.6 Å². The molecule has 0 radical (unpaired) electrons. The molecule has 0 aliphatic heterocycles. The van der Waals surface area contributed by atoms with E-state index in [1.807, 2.05) is 12.3 Å². The first-order valence-corrected chi connectivity index (χ1v) is 12.6. The predicted molar refractivity (Wildman–Crippen MR) is 101 cm³/mol. The molecule has 0 aliphatic rings. The zero-order valence-electron chi connectivity index (χ0n) is 14.1. The smallest absolute Gasteiger partial charge is 0.222 e. The number of ether oxygens (including phenoxy) is 2. The van der Waals surface area contributed by atoms with Crippen LogP contribution < -0.4 is 10.5 Å². The third kappa shape index (κ3) is 5.60. The maximum Gasteiger partial charge on any atom is 0.222 e. The molecule has 0 amide bonds. The molecular weight excluding hydrogens is 374 g/mol. The number of alkyl halides is 1. The SMILES string of the molecule is C[Si](C)(C)CCOC(Br)c1cc2cc[nH]c2nc1OCCCN. The van der Waals surface area contributed by atoms with Crippen LogP contribution >= 0.6 is 15.9 Å². The lowest BCUT2D eigenvalue weighted by Gasteiger charge is -2.19. The number of aromatic nitrogens is 2. The van der Waals surface area contributed by atoms with Crippen LogP contribution in [0.5, 0.6) is 5.88 Å². The van der Waals surface area contributed by atoms with Crippen molar-refractivity contribution in [2.24, 2.45) is 5.73 Å². The van der Waals surface area contributed by atoms with Crippen molar-refractivity contribution < 1.29 is 9.47 Å². The van der Waals surface area contributed by atoms with Crippen LogP contribution in [0.25, 0.3) is 11.0 Å². The van der Waals surface area contributed by atoms with Crippen molar-refractivity contribution in [1.29, 1.82) is 0 Å². The van der Waals surface area contributed by atoms with Crippen LogP contribution in [0.2, 0.25) is 25.7 Å². The van der Waals surface area contributed by atoms with Gasteiger partial charge in [0, 0.05) is 26.3 Å². The Morgan fingerprint density at radius 2 is 2.13 bits per heavy atom. The van der Waals surface area contributed by atoms with E-state index >= 15 is 0 Å². The van der Waals surface area contributed by atoms with Crippen molar-refractivity contribution in [3.63, 3.8) is 0 Å². The average molecular weight is 400 g/mol. The van der Waals surface area contributed by atoms with Gasteiger partial charge < -0.3 is 20.2 Å². The molecule has 1 atom stereocenters. The molecule has 128 valence electrons. The highest BCUT2D eigenvalue weighted by molar-refractivity contribution is 9.09. The van der Waals surface area contributed by atoms with E-state index in [0.29, 0.717) is 19.0 Å². The van der Waals surface area contributed by atoms with Crippen LogP contribution in [-0.4, -0.2) is 37.8 Å². The Kier molecular flexibility index (Phi) is 6.64. The van der Waals surface area contributed by atoms with Crippen molar-refractivity contribution in [2.45, 2.75) is 37.1 Å². The van der Waals surface area contributed by atoms with Crippen LogP contribution in [0, 0.1) is 0 Å². The van der Waals surface area contributed by atoms with E-state index in [0.717, 1.165) is 35.7 Å². The van der Waals surface area contributed by atoms with E-state index in [9.17, 15) is 0 Å². The fourth-order valence-corrected chi connectivity index (χ4v) is 3.32. The van der Waals surface area contributed by atoms with E-state index in [-0.39, 0.29) is 5.01 Å². The van der Waals surface area contributed by atoms with E-state index in [2.05, 4.69) is 51.6 Å². The van der Waals surface area contributed by atoms with Gasteiger partial charge in [-0.3, -0.25) is 0 Å². The Hall–Kier alpha value is -0.893. The topological polar surface area (TPSA) is 73.2 Å². The van der Waals surface area contributed by atoms with Crippen LogP contribution in [0.15, 0.2) is 18.3 Å². The molecule has 5 nitrogen and oxygen atoms in total. The first-order valence-electron chi connectivity index (χ1n) is 7.97. The molecule has 7 heteroatoms. The number of hydrogen-bond donors (Lipinski definition) is 2. The fourth-order valence-electron chi connectivity index (χ4n) is 2.07. The molecule has 23 heavy (non-hydrogen) atoms. The summed E-state index contributed by atoms with van der Waals surface area (Å²) in [5.74, 6) is 0.600. The minimum atomic E-state index is -1.11. The molecule has 3 N–H and O–H groups in total. The lowest BCUT2D eigenvalue weighted by atomic mass is 10.2. The number of pyridine rings is 1. The quantitative estimate of drug-likeness (QED) is 0.379. The van der Waals surface area contributed by atoms with Crippen molar-refractivity contribution >= 4 is 35.0 Å². The first kappa shape index (κ1) is 18.4. The van der Waals surface area contributed by atoms with Crippen molar-refractivity contribution in [3.05, 3.63) is 23.9 Å². The third-order valence-electron chi connectivity index (χ3n) is 3.48. The molecule has 1 unspecified atom stereocenters. The second kappa shape index (κ2) is 8.28. The predicted octanol–water partition coefficient (Wildman–Crippen LogP) is 4.04. The summed E-state index contributed by atoms with van der Waals surface area (Å²) in [6.45, 7) is 8.91. The number of aromatic amines is 1. The van der Waals surface area contributed by atoms with Gasteiger partial charge in [0.1, 0.15) is 10.7 Å². The zero-order chi connectivity index (χ0) is 16.9. The summed E-state index contributed by atoms with van der Waals surface area (Å²) in [5, 5.41) is 0.822. The molecule has 0 saturated carbocycles. The van der Waals surface area contributed by atoms with Crippen molar-refractivity contribution in [1.82, 2.24) is 9.97 Å². The van der Waals surface area contributed by atoms with Gasteiger partial charge in [0.2, 0.25) is 5.88 Å². The number of hydrogen-bond acceptors (Lipinski definition) is 4. The highest BCUT2D eigenvalue weighted by Crippen LogP contribution is 2.33. The molecule has 2 aromatic rings. The largest absolute Gasteiger partial charge is 0.477 e.